The van der Waals surface area contributed by atoms with Crippen LogP contribution >= 0.6 is 0 Å². The van der Waals surface area contributed by atoms with Gasteiger partial charge in [0.05, 0.1) is 31.3 Å². The van der Waals surface area contributed by atoms with E-state index in [2.05, 4.69) is 0 Å². The van der Waals surface area contributed by atoms with Gasteiger partial charge < -0.3 is 43.8 Å². The Kier molecular flexibility index (Phi) is 7.97. The molecule has 4 N–H and O–H groups in total. The Morgan fingerprint density at radius 3 is 2.34 bits per heavy atom. The number of carboxylic acids is 1. The molecule has 1 aliphatic heterocycles. The van der Waals surface area contributed by atoms with Gasteiger partial charge in [0, 0.05) is 12.0 Å². The second-order valence-corrected chi connectivity index (χ2v) is 8.71. The van der Waals surface area contributed by atoms with Crippen LogP contribution in [-0.2, 0) is 14.3 Å². The highest BCUT2D eigenvalue weighted by molar-refractivity contribution is 5.92. The Hall–Kier alpha value is -3.97. The van der Waals surface area contributed by atoms with Crippen molar-refractivity contribution in [1.29, 1.82) is 0 Å². The van der Waals surface area contributed by atoms with Gasteiger partial charge in [-0.25, -0.2) is 0 Å². The predicted octanol–water partition coefficient (Wildman–Crippen LogP) is 1.30. The van der Waals surface area contributed by atoms with Crippen LogP contribution in [0.4, 0.5) is 0 Å². The first kappa shape index (κ1) is 27.1. The lowest BCUT2D eigenvalue weighted by molar-refractivity contribution is -0.260. The molecular formula is C26H26O12. The fourth-order valence-electron chi connectivity index (χ4n) is 4.08. The molecule has 0 spiro atoms. The molecule has 1 saturated heterocycles. The molecular weight excluding hydrogens is 504 g/mol. The molecule has 2 aromatic carbocycles. The quantitative estimate of drug-likeness (QED) is 0.242. The molecule has 1 aliphatic rings. The molecule has 1 fully saturated rings. The summed E-state index contributed by atoms with van der Waals surface area (Å²) < 4.78 is 27.2. The summed E-state index contributed by atoms with van der Waals surface area (Å²) in [5, 5.41) is 39.2. The van der Waals surface area contributed by atoms with Gasteiger partial charge >= 0.3 is 17.9 Å². The monoisotopic (exact) mass is 530 g/mol. The summed E-state index contributed by atoms with van der Waals surface area (Å²) in [6.07, 6.45) is -5.74. The van der Waals surface area contributed by atoms with Crippen molar-refractivity contribution in [1.82, 2.24) is 0 Å². The number of ether oxygens (including phenoxy) is 4. The average Bonchev–Trinajstić information content (AvgIpc) is 2.88. The number of fused-ring (bicyclic) bond motifs is 1. The normalized spacial score (nSPS) is 23.1. The fraction of sp³-hybridized carbons (Fsp3) is 0.346. The lowest BCUT2D eigenvalue weighted by Crippen LogP contribution is -2.56. The van der Waals surface area contributed by atoms with Crippen molar-refractivity contribution < 1.29 is 53.4 Å². The molecule has 4 rings (SSSR count). The zero-order valence-electron chi connectivity index (χ0n) is 20.4. The number of aliphatic carboxylic acids is 1. The van der Waals surface area contributed by atoms with E-state index in [0.29, 0.717) is 11.3 Å². The highest BCUT2D eigenvalue weighted by atomic mass is 16.7. The topological polar surface area (TPSA) is 182 Å². The summed E-state index contributed by atoms with van der Waals surface area (Å²) in [5.74, 6) is -3.07. The number of rotatable bonds is 8. The molecule has 1 aromatic heterocycles. The van der Waals surface area contributed by atoms with Crippen LogP contribution < -0.4 is 19.6 Å². The van der Waals surface area contributed by atoms with Crippen LogP contribution in [0.1, 0.15) is 13.3 Å². The van der Waals surface area contributed by atoms with Crippen molar-refractivity contribution in [2.75, 3.05) is 13.7 Å². The third kappa shape index (κ3) is 5.48. The molecule has 5 atom stereocenters. The van der Waals surface area contributed by atoms with Crippen LogP contribution in [-0.4, -0.2) is 70.7 Å². The third-order valence-electron chi connectivity index (χ3n) is 6.21. The Labute approximate surface area is 215 Å². The van der Waals surface area contributed by atoms with E-state index in [1.807, 2.05) is 0 Å². The largest absolute Gasteiger partial charge is 0.497 e. The summed E-state index contributed by atoms with van der Waals surface area (Å²) >= 11 is 0. The number of carboxylic acid groups (broad SMARTS) is 1. The molecule has 12 nitrogen and oxygen atoms in total. The summed E-state index contributed by atoms with van der Waals surface area (Å²) in [6, 6.07) is 10.4. The Balaban J connectivity index is 1.75. The van der Waals surface area contributed by atoms with Gasteiger partial charge in [0.1, 0.15) is 35.2 Å². The van der Waals surface area contributed by atoms with Crippen molar-refractivity contribution in [3.8, 4) is 28.6 Å². The number of methoxy groups -OCH3 is 1. The van der Waals surface area contributed by atoms with Gasteiger partial charge in [-0.2, -0.15) is 0 Å². The number of carbonyl (C=O) groups is 2. The zero-order chi connectivity index (χ0) is 27.6. The number of carbonyl (C=O) groups excluding carboxylic acids is 1. The standard InChI is InChI=1S/C26H26O12/c1-12-18(11-27)37-26(24(33)22(12)31)35-15-7-8-16-17(9-15)36-25(38-20(30)10-19(28)29)21(23(16)32)13-3-5-14(34-2)6-4-13/h3-9,12,18,22,24,26-27,31,33H,10-11H2,1-2H3,(H,28,29)/t12-,18-,22+,24-,26+/m1/s1. The van der Waals surface area contributed by atoms with E-state index in [4.69, 9.17) is 28.5 Å². The molecule has 0 amide bonds. The fourth-order valence-corrected chi connectivity index (χ4v) is 4.08. The van der Waals surface area contributed by atoms with E-state index in [1.54, 1.807) is 31.2 Å². The number of aliphatic hydroxyl groups is 3. The number of benzene rings is 2. The third-order valence-corrected chi connectivity index (χ3v) is 6.21. The van der Waals surface area contributed by atoms with Gasteiger partial charge in [-0.1, -0.05) is 19.1 Å². The Morgan fingerprint density at radius 1 is 1.03 bits per heavy atom. The first-order valence-electron chi connectivity index (χ1n) is 11.6. The van der Waals surface area contributed by atoms with Gasteiger partial charge in [-0.15, -0.1) is 0 Å². The van der Waals surface area contributed by atoms with Crippen LogP contribution in [0.3, 0.4) is 0 Å². The Bertz CT molecular complexity index is 1380. The van der Waals surface area contributed by atoms with Crippen molar-refractivity contribution in [2.45, 2.75) is 37.9 Å². The molecule has 0 radical (unpaired) electrons. The maximum absolute atomic E-state index is 13.5. The summed E-state index contributed by atoms with van der Waals surface area (Å²) in [4.78, 5) is 36.6. The molecule has 2 heterocycles. The second-order valence-electron chi connectivity index (χ2n) is 8.71. The van der Waals surface area contributed by atoms with Crippen LogP contribution in [0.15, 0.2) is 51.7 Å². The number of esters is 1. The lowest BCUT2D eigenvalue weighted by Gasteiger charge is -2.40. The summed E-state index contributed by atoms with van der Waals surface area (Å²) in [6.45, 7) is 1.21. The molecule has 38 heavy (non-hydrogen) atoms. The van der Waals surface area contributed by atoms with E-state index < -0.39 is 66.9 Å². The van der Waals surface area contributed by atoms with Gasteiger partial charge in [-0.05, 0) is 29.8 Å². The van der Waals surface area contributed by atoms with Gasteiger partial charge in [0.25, 0.3) is 0 Å². The van der Waals surface area contributed by atoms with E-state index in [0.717, 1.165) is 0 Å². The molecule has 3 aromatic rings. The van der Waals surface area contributed by atoms with E-state index >= 15 is 0 Å². The van der Waals surface area contributed by atoms with Gasteiger partial charge in [0.2, 0.25) is 11.7 Å². The lowest BCUT2D eigenvalue weighted by atomic mass is 9.91. The highest BCUT2D eigenvalue weighted by Crippen LogP contribution is 2.34. The second kappa shape index (κ2) is 11.2. The van der Waals surface area contributed by atoms with Crippen LogP contribution in [0, 0.1) is 5.92 Å². The van der Waals surface area contributed by atoms with E-state index in [9.17, 15) is 29.7 Å². The first-order chi connectivity index (χ1) is 18.1. The number of hydrogen-bond acceptors (Lipinski definition) is 11. The SMILES string of the molecule is COc1ccc(-c2c(OC(=O)CC(=O)O)oc3cc(O[C@H]4O[C@H](CO)[C@@H](C)[C@H](O)[C@H]4O)ccc3c2=O)cc1. The molecule has 0 bridgehead atoms. The molecule has 0 unspecified atom stereocenters. The maximum atomic E-state index is 13.5. The molecule has 202 valence electrons. The van der Waals surface area contributed by atoms with Gasteiger partial charge in [-0.3, -0.25) is 14.4 Å². The predicted molar refractivity (Wildman–Crippen MR) is 130 cm³/mol. The average molecular weight is 530 g/mol. The minimum Gasteiger partial charge on any atom is -0.497 e. The minimum absolute atomic E-state index is 0.0687. The minimum atomic E-state index is -1.43. The first-order valence-corrected chi connectivity index (χ1v) is 11.6. The van der Waals surface area contributed by atoms with Crippen LogP contribution in [0.2, 0.25) is 0 Å². The van der Waals surface area contributed by atoms with Crippen molar-refractivity contribution in [2.24, 2.45) is 5.92 Å². The molecule has 0 aliphatic carbocycles. The van der Waals surface area contributed by atoms with E-state index in [-0.39, 0.29) is 22.3 Å². The van der Waals surface area contributed by atoms with Crippen LogP contribution in [0.5, 0.6) is 17.4 Å². The number of hydrogen-bond donors (Lipinski definition) is 4. The molecule has 0 saturated carbocycles. The van der Waals surface area contributed by atoms with Crippen molar-refractivity contribution in [3.63, 3.8) is 0 Å². The van der Waals surface area contributed by atoms with Crippen molar-refractivity contribution >= 4 is 22.9 Å². The zero-order valence-corrected chi connectivity index (χ0v) is 20.4. The Morgan fingerprint density at radius 2 is 1.71 bits per heavy atom. The van der Waals surface area contributed by atoms with Crippen LogP contribution in [0.25, 0.3) is 22.1 Å². The van der Waals surface area contributed by atoms with E-state index in [1.165, 1.54) is 25.3 Å². The summed E-state index contributed by atoms with van der Waals surface area (Å²) in [7, 11) is 1.47. The maximum Gasteiger partial charge on any atom is 0.324 e. The molecule has 12 heteroatoms. The van der Waals surface area contributed by atoms with Crippen molar-refractivity contribution in [3.05, 3.63) is 52.7 Å². The van der Waals surface area contributed by atoms with Gasteiger partial charge in [0.15, 0.2) is 0 Å². The smallest absolute Gasteiger partial charge is 0.324 e. The number of aliphatic hydroxyl groups excluding tert-OH is 3. The summed E-state index contributed by atoms with van der Waals surface area (Å²) in [5.41, 5.74) is -0.418. The highest BCUT2D eigenvalue weighted by Gasteiger charge is 2.43.